The summed E-state index contributed by atoms with van der Waals surface area (Å²) in [6.45, 7) is 2.02. The largest absolute Gasteiger partial charge is 0.494 e. The van der Waals surface area contributed by atoms with Crippen LogP contribution in [0.15, 0.2) is 59.1 Å². The van der Waals surface area contributed by atoms with Gasteiger partial charge in [0.15, 0.2) is 6.61 Å². The molecule has 0 fully saturated rings. The number of carbonyl (C=O) groups excluding carboxylic acids is 2. The van der Waals surface area contributed by atoms with Crippen LogP contribution in [0.5, 0.6) is 5.75 Å². The first-order valence-corrected chi connectivity index (χ1v) is 9.22. The average Bonchev–Trinajstić information content (AvgIpc) is 2.65. The molecule has 2 aromatic carbocycles. The molecule has 1 amide bonds. The molecule has 0 saturated heterocycles. The van der Waals surface area contributed by atoms with Gasteiger partial charge >= 0.3 is 5.97 Å². The number of carbonyl (C=O) groups is 2. The number of halogens is 1. The molecule has 2 aromatic rings. The van der Waals surface area contributed by atoms with Crippen molar-refractivity contribution in [2.45, 2.75) is 25.8 Å². The molecule has 0 bridgehead atoms. The van der Waals surface area contributed by atoms with Crippen molar-refractivity contribution in [3.8, 4) is 5.75 Å². The summed E-state index contributed by atoms with van der Waals surface area (Å²) < 4.78 is 11.5. The highest BCUT2D eigenvalue weighted by molar-refractivity contribution is 9.10. The van der Waals surface area contributed by atoms with E-state index in [1.54, 1.807) is 0 Å². The number of esters is 1. The summed E-state index contributed by atoms with van der Waals surface area (Å²) in [6.07, 6.45) is 0.731. The van der Waals surface area contributed by atoms with E-state index in [-0.39, 0.29) is 25.0 Å². The summed E-state index contributed by atoms with van der Waals surface area (Å²) in [7, 11) is 0. The van der Waals surface area contributed by atoms with Crippen LogP contribution in [0.3, 0.4) is 0 Å². The summed E-state index contributed by atoms with van der Waals surface area (Å²) in [5.74, 6) is 0.0172. The second-order valence-corrected chi connectivity index (χ2v) is 6.68. The first-order chi connectivity index (χ1) is 12.5. The van der Waals surface area contributed by atoms with Crippen molar-refractivity contribution in [3.63, 3.8) is 0 Å². The quantitative estimate of drug-likeness (QED) is 0.492. The van der Waals surface area contributed by atoms with E-state index in [4.69, 9.17) is 9.47 Å². The van der Waals surface area contributed by atoms with Gasteiger partial charge in [0, 0.05) is 10.9 Å². The molecular weight excluding hydrogens is 398 g/mol. The Labute approximate surface area is 161 Å². The number of hydrogen-bond acceptors (Lipinski definition) is 4. The molecule has 2 rings (SSSR count). The maximum absolute atomic E-state index is 11.9. The monoisotopic (exact) mass is 419 g/mol. The van der Waals surface area contributed by atoms with Crippen LogP contribution in [0.4, 0.5) is 0 Å². The van der Waals surface area contributed by atoms with E-state index in [0.717, 1.165) is 15.8 Å². The molecule has 0 aliphatic heterocycles. The van der Waals surface area contributed by atoms with Gasteiger partial charge in [0.05, 0.1) is 12.6 Å². The summed E-state index contributed by atoms with van der Waals surface area (Å²) in [5, 5.41) is 2.80. The van der Waals surface area contributed by atoms with Gasteiger partial charge in [0.25, 0.3) is 5.91 Å². The molecule has 0 saturated carbocycles. The highest BCUT2D eigenvalue weighted by Crippen LogP contribution is 2.16. The van der Waals surface area contributed by atoms with Crippen LogP contribution in [-0.2, 0) is 14.3 Å². The van der Waals surface area contributed by atoms with Gasteiger partial charge in [0.1, 0.15) is 5.75 Å². The van der Waals surface area contributed by atoms with Gasteiger partial charge in [-0.3, -0.25) is 9.59 Å². The average molecular weight is 420 g/mol. The Balaban J connectivity index is 1.59. The van der Waals surface area contributed by atoms with E-state index < -0.39 is 5.97 Å². The summed E-state index contributed by atoms with van der Waals surface area (Å²) in [4.78, 5) is 23.6. The Hall–Kier alpha value is -2.34. The molecule has 0 heterocycles. The number of rotatable bonds is 9. The molecule has 5 nitrogen and oxygen atoms in total. The molecule has 0 spiro atoms. The van der Waals surface area contributed by atoms with Crippen molar-refractivity contribution in [2.24, 2.45) is 0 Å². The van der Waals surface area contributed by atoms with E-state index in [1.165, 1.54) is 0 Å². The third kappa shape index (κ3) is 7.27. The van der Waals surface area contributed by atoms with Gasteiger partial charge in [-0.15, -0.1) is 0 Å². The minimum Gasteiger partial charge on any atom is -0.494 e. The van der Waals surface area contributed by atoms with Crippen molar-refractivity contribution in [1.82, 2.24) is 5.32 Å². The predicted molar refractivity (Wildman–Crippen MR) is 103 cm³/mol. The van der Waals surface area contributed by atoms with Crippen molar-refractivity contribution in [2.75, 3.05) is 13.2 Å². The van der Waals surface area contributed by atoms with Crippen molar-refractivity contribution < 1.29 is 19.1 Å². The Morgan fingerprint density at radius 1 is 1.08 bits per heavy atom. The lowest BCUT2D eigenvalue weighted by atomic mass is 10.1. The fourth-order valence-electron chi connectivity index (χ4n) is 2.26. The highest BCUT2D eigenvalue weighted by atomic mass is 79.9. The van der Waals surface area contributed by atoms with E-state index in [0.29, 0.717) is 13.0 Å². The van der Waals surface area contributed by atoms with Crippen LogP contribution in [0.2, 0.25) is 0 Å². The first-order valence-electron chi connectivity index (χ1n) is 8.43. The van der Waals surface area contributed by atoms with Crippen molar-refractivity contribution >= 4 is 27.8 Å². The first kappa shape index (κ1) is 20.0. The molecule has 6 heteroatoms. The molecular formula is C20H22BrNO4. The highest BCUT2D eigenvalue weighted by Gasteiger charge is 2.11. The zero-order valence-electron chi connectivity index (χ0n) is 14.6. The molecule has 0 aromatic heterocycles. The van der Waals surface area contributed by atoms with E-state index >= 15 is 0 Å². The molecule has 1 N–H and O–H groups in total. The Bertz CT molecular complexity index is 704. The third-order valence-corrected chi connectivity index (χ3v) is 4.18. The van der Waals surface area contributed by atoms with E-state index in [2.05, 4.69) is 21.2 Å². The molecule has 0 aliphatic rings. The lowest BCUT2D eigenvalue weighted by Gasteiger charge is -2.14. The predicted octanol–water partition coefficient (Wildman–Crippen LogP) is 4.03. The normalized spacial score (nSPS) is 11.5. The van der Waals surface area contributed by atoms with Gasteiger partial charge in [-0.2, -0.15) is 0 Å². The number of hydrogen-bond donors (Lipinski definition) is 1. The molecule has 0 unspecified atom stereocenters. The van der Waals surface area contributed by atoms with Crippen LogP contribution < -0.4 is 10.1 Å². The fourth-order valence-corrected chi connectivity index (χ4v) is 2.53. The molecule has 26 heavy (non-hydrogen) atoms. The number of amides is 1. The second kappa shape index (κ2) is 10.6. The molecule has 0 aliphatic carbocycles. The smallest absolute Gasteiger partial charge is 0.306 e. The Kier molecular flexibility index (Phi) is 8.15. The standard InChI is InChI=1S/C20H22BrNO4/c1-15(16-6-3-2-4-7-16)22-19(23)14-26-20(24)8-5-13-25-18-11-9-17(21)10-12-18/h2-4,6-7,9-12,15H,5,8,13-14H2,1H3,(H,22,23)/t15-/m0/s1. The van der Waals surface area contributed by atoms with Crippen LogP contribution in [-0.4, -0.2) is 25.1 Å². The zero-order chi connectivity index (χ0) is 18.8. The van der Waals surface area contributed by atoms with Crippen LogP contribution in [0, 0.1) is 0 Å². The number of benzene rings is 2. The topological polar surface area (TPSA) is 64.6 Å². The van der Waals surface area contributed by atoms with Crippen molar-refractivity contribution in [3.05, 3.63) is 64.6 Å². The van der Waals surface area contributed by atoms with Crippen LogP contribution >= 0.6 is 15.9 Å². The summed E-state index contributed by atoms with van der Waals surface area (Å²) in [5.41, 5.74) is 0.997. The van der Waals surface area contributed by atoms with Gasteiger partial charge in [-0.05, 0) is 43.2 Å². The SMILES string of the molecule is C[C@H](NC(=O)COC(=O)CCCOc1ccc(Br)cc1)c1ccccc1. The molecule has 138 valence electrons. The van der Waals surface area contributed by atoms with Crippen molar-refractivity contribution in [1.29, 1.82) is 0 Å². The number of ether oxygens (including phenoxy) is 2. The van der Waals surface area contributed by atoms with Crippen LogP contribution in [0.25, 0.3) is 0 Å². The fraction of sp³-hybridized carbons (Fsp3) is 0.300. The molecule has 1 atom stereocenters. The van der Waals surface area contributed by atoms with E-state index in [9.17, 15) is 9.59 Å². The van der Waals surface area contributed by atoms with Gasteiger partial charge in [-0.1, -0.05) is 46.3 Å². The number of nitrogens with one attached hydrogen (secondary N) is 1. The minimum atomic E-state index is -0.410. The lowest BCUT2D eigenvalue weighted by Crippen LogP contribution is -2.31. The lowest BCUT2D eigenvalue weighted by molar-refractivity contribution is -0.148. The Morgan fingerprint density at radius 2 is 1.77 bits per heavy atom. The summed E-state index contributed by atoms with van der Waals surface area (Å²) in [6, 6.07) is 16.9. The van der Waals surface area contributed by atoms with Gasteiger partial charge in [-0.25, -0.2) is 0 Å². The minimum absolute atomic E-state index is 0.137. The van der Waals surface area contributed by atoms with Gasteiger partial charge in [0.2, 0.25) is 0 Å². The maximum Gasteiger partial charge on any atom is 0.306 e. The second-order valence-electron chi connectivity index (χ2n) is 5.77. The maximum atomic E-state index is 11.9. The van der Waals surface area contributed by atoms with Gasteiger partial charge < -0.3 is 14.8 Å². The summed E-state index contributed by atoms with van der Waals surface area (Å²) >= 11 is 3.35. The van der Waals surface area contributed by atoms with Crippen LogP contribution in [0.1, 0.15) is 31.4 Å². The third-order valence-electron chi connectivity index (χ3n) is 3.65. The molecule has 0 radical (unpaired) electrons. The van der Waals surface area contributed by atoms with E-state index in [1.807, 2.05) is 61.5 Å². The zero-order valence-corrected chi connectivity index (χ0v) is 16.2. The Morgan fingerprint density at radius 3 is 2.46 bits per heavy atom.